The number of carbonyl (C=O) groups excluding carboxylic acids is 1. The minimum atomic E-state index is -0.459. The zero-order valence-corrected chi connectivity index (χ0v) is 11.1. The van der Waals surface area contributed by atoms with Gasteiger partial charge < -0.3 is 4.74 Å². The predicted octanol–water partition coefficient (Wildman–Crippen LogP) is 3.90. The number of hydrogen-bond donors (Lipinski definition) is 0. The molecule has 0 aliphatic heterocycles. The normalized spacial score (nSPS) is 10.1. The summed E-state index contributed by atoms with van der Waals surface area (Å²) >= 11 is 0. The number of nitro groups is 1. The highest BCUT2D eigenvalue weighted by Gasteiger charge is 2.16. The van der Waals surface area contributed by atoms with Crippen molar-refractivity contribution in [1.82, 2.24) is 0 Å². The fourth-order valence-electron chi connectivity index (χ4n) is 1.88. The molecule has 0 aliphatic carbocycles. The molecular weight excluding hydrogens is 258 g/mol. The smallest absolute Gasteiger partial charge is 0.276 e. The minimum Gasteiger partial charge on any atom is -0.456 e. The van der Waals surface area contributed by atoms with E-state index < -0.39 is 4.92 Å². The SMILES string of the molecule is CC(=O)c1ccccc1Oc1cccc([N+](=O)[O-])c1C. The second-order valence-electron chi connectivity index (χ2n) is 4.31. The molecule has 5 nitrogen and oxygen atoms in total. The second-order valence-corrected chi connectivity index (χ2v) is 4.31. The van der Waals surface area contributed by atoms with Gasteiger partial charge in [-0.2, -0.15) is 0 Å². The molecule has 0 aromatic heterocycles. The first-order valence-corrected chi connectivity index (χ1v) is 6.02. The lowest BCUT2D eigenvalue weighted by molar-refractivity contribution is -0.385. The lowest BCUT2D eigenvalue weighted by atomic mass is 10.1. The van der Waals surface area contributed by atoms with E-state index in [1.807, 2.05) is 0 Å². The number of Topliss-reactive ketones (excluding diaryl/α,β-unsaturated/α-hetero) is 1. The fourth-order valence-corrected chi connectivity index (χ4v) is 1.88. The van der Waals surface area contributed by atoms with Crippen molar-refractivity contribution in [2.45, 2.75) is 13.8 Å². The molecule has 0 unspecified atom stereocenters. The van der Waals surface area contributed by atoms with E-state index in [4.69, 9.17) is 4.74 Å². The number of hydrogen-bond acceptors (Lipinski definition) is 4. The summed E-state index contributed by atoms with van der Waals surface area (Å²) in [6.07, 6.45) is 0. The number of para-hydroxylation sites is 1. The Morgan fingerprint density at radius 3 is 2.40 bits per heavy atom. The summed E-state index contributed by atoms with van der Waals surface area (Å²) in [5, 5.41) is 10.9. The quantitative estimate of drug-likeness (QED) is 0.480. The van der Waals surface area contributed by atoms with Crippen LogP contribution in [0.3, 0.4) is 0 Å². The topological polar surface area (TPSA) is 69.4 Å². The third-order valence-electron chi connectivity index (χ3n) is 2.94. The van der Waals surface area contributed by atoms with E-state index >= 15 is 0 Å². The number of carbonyl (C=O) groups is 1. The standard InChI is InChI=1S/C15H13NO4/c1-10-13(16(18)19)7-5-9-14(10)20-15-8-4-3-6-12(15)11(2)17/h3-9H,1-2H3. The van der Waals surface area contributed by atoms with Gasteiger partial charge >= 0.3 is 0 Å². The van der Waals surface area contributed by atoms with Crippen LogP contribution in [0, 0.1) is 17.0 Å². The molecule has 2 aromatic rings. The molecule has 0 heterocycles. The van der Waals surface area contributed by atoms with Crippen molar-refractivity contribution in [2.24, 2.45) is 0 Å². The summed E-state index contributed by atoms with van der Waals surface area (Å²) < 4.78 is 5.67. The Kier molecular flexibility index (Phi) is 3.79. The van der Waals surface area contributed by atoms with Gasteiger partial charge in [-0.05, 0) is 32.0 Å². The molecule has 0 atom stereocenters. The number of benzene rings is 2. The van der Waals surface area contributed by atoms with Crippen molar-refractivity contribution in [2.75, 3.05) is 0 Å². The predicted molar refractivity (Wildman–Crippen MR) is 74.4 cm³/mol. The lowest BCUT2D eigenvalue weighted by Gasteiger charge is -2.11. The molecule has 0 bridgehead atoms. The van der Waals surface area contributed by atoms with Gasteiger partial charge in [0.15, 0.2) is 5.78 Å². The monoisotopic (exact) mass is 271 g/mol. The largest absolute Gasteiger partial charge is 0.456 e. The van der Waals surface area contributed by atoms with Gasteiger partial charge in [-0.3, -0.25) is 14.9 Å². The van der Waals surface area contributed by atoms with Gasteiger partial charge in [-0.25, -0.2) is 0 Å². The molecule has 0 aliphatic rings. The lowest BCUT2D eigenvalue weighted by Crippen LogP contribution is -1.99. The van der Waals surface area contributed by atoms with E-state index in [0.717, 1.165) is 0 Å². The molecule has 0 radical (unpaired) electrons. The van der Waals surface area contributed by atoms with Crippen LogP contribution in [0.25, 0.3) is 0 Å². The Hall–Kier alpha value is -2.69. The van der Waals surface area contributed by atoms with Crippen LogP contribution in [0.5, 0.6) is 11.5 Å². The highest BCUT2D eigenvalue weighted by molar-refractivity contribution is 5.96. The van der Waals surface area contributed by atoms with Crippen LogP contribution < -0.4 is 4.74 Å². The van der Waals surface area contributed by atoms with Crippen molar-refractivity contribution in [1.29, 1.82) is 0 Å². The number of ether oxygens (including phenoxy) is 1. The van der Waals surface area contributed by atoms with Gasteiger partial charge in [-0.15, -0.1) is 0 Å². The third kappa shape index (κ3) is 2.66. The average Bonchev–Trinajstić information content (AvgIpc) is 2.41. The zero-order chi connectivity index (χ0) is 14.7. The summed E-state index contributed by atoms with van der Waals surface area (Å²) in [4.78, 5) is 22.0. The second kappa shape index (κ2) is 5.52. The molecule has 0 saturated heterocycles. The number of ketones is 1. The van der Waals surface area contributed by atoms with E-state index in [1.165, 1.54) is 13.0 Å². The average molecular weight is 271 g/mol. The summed E-state index contributed by atoms with van der Waals surface area (Å²) in [5.41, 5.74) is 0.858. The molecule has 5 heteroatoms. The zero-order valence-electron chi connectivity index (χ0n) is 11.1. The van der Waals surface area contributed by atoms with Crippen LogP contribution in [0.4, 0.5) is 5.69 Å². The van der Waals surface area contributed by atoms with Crippen molar-refractivity contribution < 1.29 is 14.5 Å². The number of nitro benzene ring substituents is 1. The first-order valence-electron chi connectivity index (χ1n) is 6.02. The van der Waals surface area contributed by atoms with Crippen LogP contribution in [0.15, 0.2) is 42.5 Å². The summed E-state index contributed by atoms with van der Waals surface area (Å²) in [7, 11) is 0. The van der Waals surface area contributed by atoms with Crippen LogP contribution in [0.2, 0.25) is 0 Å². The van der Waals surface area contributed by atoms with Crippen molar-refractivity contribution >= 4 is 11.5 Å². The maximum atomic E-state index is 11.5. The summed E-state index contributed by atoms with van der Waals surface area (Å²) in [5.74, 6) is 0.639. The van der Waals surface area contributed by atoms with Crippen molar-refractivity contribution in [3.63, 3.8) is 0 Å². The van der Waals surface area contributed by atoms with Gasteiger partial charge in [0, 0.05) is 6.07 Å². The van der Waals surface area contributed by atoms with Gasteiger partial charge in [0.25, 0.3) is 5.69 Å². The van der Waals surface area contributed by atoms with Gasteiger partial charge in [0.05, 0.1) is 16.1 Å². The molecule has 0 spiro atoms. The van der Waals surface area contributed by atoms with E-state index in [-0.39, 0.29) is 11.5 Å². The summed E-state index contributed by atoms with van der Waals surface area (Å²) in [6, 6.07) is 11.4. The maximum absolute atomic E-state index is 11.5. The van der Waals surface area contributed by atoms with Crippen LogP contribution in [-0.4, -0.2) is 10.7 Å². The first-order chi connectivity index (χ1) is 9.50. The molecule has 0 saturated carbocycles. The third-order valence-corrected chi connectivity index (χ3v) is 2.94. The first kappa shape index (κ1) is 13.7. The molecule has 2 aromatic carbocycles. The van der Waals surface area contributed by atoms with Crippen molar-refractivity contribution in [3.8, 4) is 11.5 Å². The Labute approximate surface area is 116 Å². The maximum Gasteiger partial charge on any atom is 0.276 e. The molecule has 0 fully saturated rings. The molecule has 2 rings (SSSR count). The molecule has 102 valence electrons. The van der Waals surface area contributed by atoms with Crippen LogP contribution in [0.1, 0.15) is 22.8 Å². The Balaban J connectivity index is 2.43. The number of nitrogens with zero attached hydrogens (tertiary/aromatic N) is 1. The van der Waals surface area contributed by atoms with E-state index in [9.17, 15) is 14.9 Å². The van der Waals surface area contributed by atoms with Crippen molar-refractivity contribution in [3.05, 3.63) is 63.7 Å². The van der Waals surface area contributed by atoms with Gasteiger partial charge in [0.1, 0.15) is 11.5 Å². The molecular formula is C15H13NO4. The minimum absolute atomic E-state index is 0.0113. The highest BCUT2D eigenvalue weighted by atomic mass is 16.6. The van der Waals surface area contributed by atoms with Gasteiger partial charge in [0.2, 0.25) is 0 Å². The highest BCUT2D eigenvalue weighted by Crippen LogP contribution is 2.32. The summed E-state index contributed by atoms with van der Waals surface area (Å²) in [6.45, 7) is 3.06. The van der Waals surface area contributed by atoms with Gasteiger partial charge in [-0.1, -0.05) is 18.2 Å². The molecule has 0 N–H and O–H groups in total. The van der Waals surface area contributed by atoms with E-state index in [0.29, 0.717) is 22.6 Å². The van der Waals surface area contributed by atoms with E-state index in [1.54, 1.807) is 43.3 Å². The fraction of sp³-hybridized carbons (Fsp3) is 0.133. The Morgan fingerprint density at radius 1 is 1.10 bits per heavy atom. The van der Waals surface area contributed by atoms with E-state index in [2.05, 4.69) is 0 Å². The molecule has 0 amide bonds. The Morgan fingerprint density at radius 2 is 1.75 bits per heavy atom. The molecule has 20 heavy (non-hydrogen) atoms. The Bertz CT molecular complexity index is 679. The number of rotatable bonds is 4. The van der Waals surface area contributed by atoms with Crippen LogP contribution >= 0.6 is 0 Å². The van der Waals surface area contributed by atoms with Crippen LogP contribution in [-0.2, 0) is 0 Å².